The molecule has 0 aliphatic heterocycles. The average Bonchev–Trinajstić information content (AvgIpc) is 2.55. The first-order valence-corrected chi connectivity index (χ1v) is 10.1. The number of benzene rings is 1. The van der Waals surface area contributed by atoms with Crippen molar-refractivity contribution in [1.82, 2.24) is 9.62 Å². The molecule has 1 aromatic carbocycles. The van der Waals surface area contributed by atoms with Gasteiger partial charge in [0.05, 0.1) is 13.7 Å². The first-order valence-electron chi connectivity index (χ1n) is 8.60. The van der Waals surface area contributed by atoms with E-state index >= 15 is 0 Å². The van der Waals surface area contributed by atoms with Crippen LogP contribution in [-0.2, 0) is 19.6 Å². The van der Waals surface area contributed by atoms with E-state index in [-0.39, 0.29) is 35.2 Å². The average molecular weight is 399 g/mol. The van der Waals surface area contributed by atoms with Gasteiger partial charge in [-0.05, 0) is 37.6 Å². The number of ether oxygens (including phenoxy) is 1. The molecule has 10 heteroatoms. The van der Waals surface area contributed by atoms with E-state index in [0.29, 0.717) is 25.1 Å². The van der Waals surface area contributed by atoms with E-state index in [9.17, 15) is 18.0 Å². The van der Waals surface area contributed by atoms with Crippen molar-refractivity contribution in [2.45, 2.75) is 43.7 Å². The SMILES string of the molecule is CCN(CC(=O)O)C1CC(NS(=O)(=O)c2cc(NC(C)=O)ccc2OC)C1. The summed E-state index contributed by atoms with van der Waals surface area (Å²) in [6, 6.07) is 4.14. The lowest BCUT2D eigenvalue weighted by atomic mass is 9.86. The molecule has 27 heavy (non-hydrogen) atoms. The van der Waals surface area contributed by atoms with E-state index in [1.807, 2.05) is 11.8 Å². The summed E-state index contributed by atoms with van der Waals surface area (Å²) in [5.41, 5.74) is 0.355. The number of hydrogen-bond donors (Lipinski definition) is 3. The maximum Gasteiger partial charge on any atom is 0.317 e. The number of nitrogens with zero attached hydrogens (tertiary/aromatic N) is 1. The Kier molecular flexibility index (Phi) is 6.79. The third-order valence-corrected chi connectivity index (χ3v) is 6.01. The minimum absolute atomic E-state index is 0.0337. The molecule has 0 unspecified atom stereocenters. The molecule has 1 amide bonds. The van der Waals surface area contributed by atoms with Crippen LogP contribution in [0.5, 0.6) is 5.75 Å². The third-order valence-electron chi connectivity index (χ3n) is 4.47. The van der Waals surface area contributed by atoms with Crippen molar-refractivity contribution in [2.24, 2.45) is 0 Å². The predicted molar refractivity (Wildman–Crippen MR) is 99.3 cm³/mol. The van der Waals surface area contributed by atoms with Crippen LogP contribution in [0.15, 0.2) is 23.1 Å². The number of methoxy groups -OCH3 is 1. The largest absolute Gasteiger partial charge is 0.495 e. The molecule has 9 nitrogen and oxygen atoms in total. The fraction of sp³-hybridized carbons (Fsp3) is 0.529. The second kappa shape index (κ2) is 8.68. The smallest absolute Gasteiger partial charge is 0.317 e. The van der Waals surface area contributed by atoms with Crippen molar-refractivity contribution in [3.63, 3.8) is 0 Å². The quantitative estimate of drug-likeness (QED) is 0.563. The predicted octanol–water partition coefficient (Wildman–Crippen LogP) is 0.869. The van der Waals surface area contributed by atoms with E-state index in [0.717, 1.165) is 0 Å². The Bertz CT molecular complexity index is 805. The van der Waals surface area contributed by atoms with Gasteiger partial charge in [0.1, 0.15) is 10.6 Å². The molecule has 1 aliphatic rings. The minimum atomic E-state index is -3.86. The molecular formula is C17H25N3O6S. The maximum atomic E-state index is 12.8. The molecule has 3 N–H and O–H groups in total. The highest BCUT2D eigenvalue weighted by atomic mass is 32.2. The van der Waals surface area contributed by atoms with Gasteiger partial charge in [-0.3, -0.25) is 14.5 Å². The lowest BCUT2D eigenvalue weighted by Gasteiger charge is -2.42. The summed E-state index contributed by atoms with van der Waals surface area (Å²) in [7, 11) is -2.49. The zero-order valence-corrected chi connectivity index (χ0v) is 16.4. The van der Waals surface area contributed by atoms with Crippen molar-refractivity contribution in [3.05, 3.63) is 18.2 Å². The van der Waals surface area contributed by atoms with Gasteiger partial charge in [0.15, 0.2) is 0 Å². The Labute approximate surface area is 158 Å². The van der Waals surface area contributed by atoms with Gasteiger partial charge in [-0.15, -0.1) is 0 Å². The standard InChI is InChI=1S/C17H25N3O6S/c1-4-20(10-17(22)23)14-7-13(8-14)19-27(24,25)16-9-12(18-11(2)21)5-6-15(16)26-3/h5-6,9,13-14,19H,4,7-8,10H2,1-3H3,(H,18,21)(H,22,23). The molecule has 0 spiro atoms. The van der Waals surface area contributed by atoms with Gasteiger partial charge < -0.3 is 15.2 Å². The van der Waals surface area contributed by atoms with Crippen LogP contribution in [0.25, 0.3) is 0 Å². The Morgan fingerprint density at radius 1 is 1.33 bits per heavy atom. The Balaban J connectivity index is 2.09. The highest BCUT2D eigenvalue weighted by molar-refractivity contribution is 7.89. The Morgan fingerprint density at radius 2 is 2.00 bits per heavy atom. The summed E-state index contributed by atoms with van der Waals surface area (Å²) in [5, 5.41) is 11.5. The van der Waals surface area contributed by atoms with Crippen molar-refractivity contribution >= 4 is 27.6 Å². The van der Waals surface area contributed by atoms with E-state index in [2.05, 4.69) is 10.0 Å². The number of nitrogens with one attached hydrogen (secondary N) is 2. The van der Waals surface area contributed by atoms with Crippen LogP contribution in [0.3, 0.4) is 0 Å². The van der Waals surface area contributed by atoms with Crippen LogP contribution in [0.2, 0.25) is 0 Å². The highest BCUT2D eigenvalue weighted by Gasteiger charge is 2.37. The lowest BCUT2D eigenvalue weighted by molar-refractivity contribution is -0.139. The molecule has 0 atom stereocenters. The molecule has 0 aromatic heterocycles. The Morgan fingerprint density at radius 3 is 2.52 bits per heavy atom. The van der Waals surface area contributed by atoms with E-state index in [1.54, 1.807) is 6.07 Å². The fourth-order valence-corrected chi connectivity index (χ4v) is 4.56. The normalized spacial score (nSPS) is 19.4. The number of rotatable bonds is 9. The number of carboxylic acid groups (broad SMARTS) is 1. The van der Waals surface area contributed by atoms with Crippen LogP contribution < -0.4 is 14.8 Å². The molecule has 0 bridgehead atoms. The molecule has 2 rings (SSSR count). The van der Waals surface area contributed by atoms with Crippen LogP contribution in [0.1, 0.15) is 26.7 Å². The van der Waals surface area contributed by atoms with E-state index in [4.69, 9.17) is 9.84 Å². The number of amides is 1. The molecule has 150 valence electrons. The molecule has 0 heterocycles. The topological polar surface area (TPSA) is 125 Å². The van der Waals surface area contributed by atoms with Gasteiger partial charge in [0.25, 0.3) is 0 Å². The summed E-state index contributed by atoms with van der Waals surface area (Å²) in [4.78, 5) is 23.9. The molecule has 1 aliphatic carbocycles. The van der Waals surface area contributed by atoms with E-state index in [1.165, 1.54) is 26.2 Å². The minimum Gasteiger partial charge on any atom is -0.495 e. The molecule has 1 fully saturated rings. The summed E-state index contributed by atoms with van der Waals surface area (Å²) in [6.45, 7) is 3.73. The number of anilines is 1. The number of carbonyl (C=O) groups is 2. The van der Waals surface area contributed by atoms with Crippen LogP contribution in [0, 0.1) is 0 Å². The number of sulfonamides is 1. The van der Waals surface area contributed by atoms with Crippen molar-refractivity contribution in [1.29, 1.82) is 0 Å². The number of aliphatic carboxylic acids is 1. The molecule has 1 aromatic rings. The second-order valence-electron chi connectivity index (χ2n) is 6.45. The van der Waals surface area contributed by atoms with Gasteiger partial charge in [-0.2, -0.15) is 0 Å². The van der Waals surface area contributed by atoms with Gasteiger partial charge in [-0.1, -0.05) is 6.92 Å². The molecule has 1 saturated carbocycles. The van der Waals surface area contributed by atoms with Gasteiger partial charge in [-0.25, -0.2) is 13.1 Å². The monoisotopic (exact) mass is 399 g/mol. The molecule has 0 radical (unpaired) electrons. The van der Waals surface area contributed by atoms with Crippen LogP contribution in [-0.4, -0.2) is 62.6 Å². The first-order chi connectivity index (χ1) is 12.7. The second-order valence-corrected chi connectivity index (χ2v) is 8.13. The van der Waals surface area contributed by atoms with E-state index < -0.39 is 16.0 Å². The van der Waals surface area contributed by atoms with Crippen molar-refractivity contribution in [2.75, 3.05) is 25.5 Å². The highest BCUT2D eigenvalue weighted by Crippen LogP contribution is 2.31. The van der Waals surface area contributed by atoms with Gasteiger partial charge in [0, 0.05) is 24.7 Å². The zero-order valence-electron chi connectivity index (χ0n) is 15.6. The summed E-state index contributed by atoms with van der Waals surface area (Å²) in [5.74, 6) is -1.04. The summed E-state index contributed by atoms with van der Waals surface area (Å²) < 4.78 is 33.3. The first kappa shape index (κ1) is 21.1. The van der Waals surface area contributed by atoms with Crippen molar-refractivity contribution in [3.8, 4) is 5.75 Å². The summed E-state index contributed by atoms with van der Waals surface area (Å²) >= 11 is 0. The molecule has 0 saturated heterocycles. The maximum absolute atomic E-state index is 12.8. The summed E-state index contributed by atoms with van der Waals surface area (Å²) in [6.07, 6.45) is 1.07. The number of likely N-dealkylation sites (N-methyl/N-ethyl adjacent to an activating group) is 1. The van der Waals surface area contributed by atoms with Gasteiger partial charge in [0.2, 0.25) is 15.9 Å². The number of carbonyl (C=O) groups excluding carboxylic acids is 1. The van der Waals surface area contributed by atoms with Crippen molar-refractivity contribution < 1.29 is 27.9 Å². The number of carboxylic acids is 1. The fourth-order valence-electron chi connectivity index (χ4n) is 3.11. The lowest BCUT2D eigenvalue weighted by Crippen LogP contribution is -2.54. The zero-order chi connectivity index (χ0) is 20.2. The van der Waals surface area contributed by atoms with Crippen LogP contribution in [0.4, 0.5) is 5.69 Å². The van der Waals surface area contributed by atoms with Crippen LogP contribution >= 0.6 is 0 Å². The third kappa shape index (κ3) is 5.41. The number of hydrogen-bond acceptors (Lipinski definition) is 6. The Hall–Kier alpha value is -2.17. The molecular weight excluding hydrogens is 374 g/mol. The van der Waals surface area contributed by atoms with Gasteiger partial charge >= 0.3 is 5.97 Å².